The SMILES string of the molecule is C/C=C1\CN2[C@H]3Cc4c([nH]c5ccccc45)[C@@H]2CC1[C@]3(CO)C(=O)OC. The van der Waals surface area contributed by atoms with Crippen LogP contribution in [-0.2, 0) is 16.0 Å². The molecule has 6 rings (SSSR count). The molecule has 2 N–H and O–H groups in total. The van der Waals surface area contributed by atoms with Crippen molar-refractivity contribution in [3.63, 3.8) is 0 Å². The minimum Gasteiger partial charge on any atom is -0.468 e. The first-order valence-electron chi connectivity index (χ1n) is 9.35. The summed E-state index contributed by atoms with van der Waals surface area (Å²) in [6, 6.07) is 8.61. The number of nitrogens with one attached hydrogen (secondary N) is 1. The lowest BCUT2D eigenvalue weighted by Gasteiger charge is -2.62. The second-order valence-corrected chi connectivity index (χ2v) is 7.81. The third kappa shape index (κ3) is 1.75. The van der Waals surface area contributed by atoms with Gasteiger partial charge in [0, 0.05) is 35.1 Å². The number of hydrogen-bond acceptors (Lipinski definition) is 4. The van der Waals surface area contributed by atoms with Gasteiger partial charge >= 0.3 is 5.97 Å². The summed E-state index contributed by atoms with van der Waals surface area (Å²) in [4.78, 5) is 19.0. The lowest BCUT2D eigenvalue weighted by Crippen LogP contribution is -2.69. The number of aromatic nitrogens is 1. The molecule has 5 heteroatoms. The van der Waals surface area contributed by atoms with Gasteiger partial charge in [0.05, 0.1) is 19.8 Å². The summed E-state index contributed by atoms with van der Waals surface area (Å²) in [5, 5.41) is 11.7. The first kappa shape index (κ1) is 16.1. The van der Waals surface area contributed by atoms with E-state index < -0.39 is 5.41 Å². The van der Waals surface area contributed by atoms with E-state index in [2.05, 4.69) is 34.2 Å². The van der Waals surface area contributed by atoms with Gasteiger partial charge in [-0.05, 0) is 31.4 Å². The summed E-state index contributed by atoms with van der Waals surface area (Å²) in [5.41, 5.74) is 4.12. The average Bonchev–Trinajstić information content (AvgIpc) is 3.06. The fraction of sp³-hybridized carbons (Fsp3) is 0.476. The van der Waals surface area contributed by atoms with Crippen LogP contribution in [-0.4, -0.2) is 47.3 Å². The molecule has 0 amide bonds. The van der Waals surface area contributed by atoms with E-state index in [1.165, 1.54) is 29.3 Å². The Morgan fingerprint density at radius 1 is 1.46 bits per heavy atom. The summed E-state index contributed by atoms with van der Waals surface area (Å²) in [7, 11) is 1.43. The molecule has 26 heavy (non-hydrogen) atoms. The zero-order valence-electron chi connectivity index (χ0n) is 15.2. The maximum Gasteiger partial charge on any atom is 0.316 e. The number of allylic oxidation sites excluding steroid dienone is 1. The van der Waals surface area contributed by atoms with Gasteiger partial charge in [-0.25, -0.2) is 0 Å². The second-order valence-electron chi connectivity index (χ2n) is 7.81. The number of aromatic amines is 1. The van der Waals surface area contributed by atoms with Crippen molar-refractivity contribution in [2.24, 2.45) is 11.3 Å². The smallest absolute Gasteiger partial charge is 0.316 e. The van der Waals surface area contributed by atoms with Crippen molar-refractivity contribution in [2.75, 3.05) is 20.3 Å². The van der Waals surface area contributed by atoms with Crippen LogP contribution in [0.1, 0.15) is 30.6 Å². The predicted molar refractivity (Wildman–Crippen MR) is 98.6 cm³/mol. The number of esters is 1. The highest BCUT2D eigenvalue weighted by atomic mass is 16.5. The fourth-order valence-corrected chi connectivity index (χ4v) is 5.88. The standard InChI is InChI=1S/C21H24N2O3/c1-3-12-10-23-17-9-15(12)21(11-24,20(25)26-2)18(23)8-14-13-6-4-5-7-16(13)22-19(14)17/h3-7,15,17-18,22,24H,8-11H2,1-2H3/b12-3+/t15?,17-,18-,21-/m0/s1. The lowest BCUT2D eigenvalue weighted by molar-refractivity contribution is -0.183. The molecule has 0 spiro atoms. The topological polar surface area (TPSA) is 65.6 Å². The van der Waals surface area contributed by atoms with Crippen molar-refractivity contribution in [2.45, 2.75) is 31.8 Å². The average molecular weight is 352 g/mol. The molecule has 1 aromatic carbocycles. The molecule has 4 aliphatic rings. The number of para-hydroxylation sites is 1. The number of ether oxygens (including phenoxy) is 1. The number of H-pyrrole nitrogens is 1. The minimum atomic E-state index is -0.874. The fourth-order valence-electron chi connectivity index (χ4n) is 5.88. The van der Waals surface area contributed by atoms with Crippen LogP contribution in [0.4, 0.5) is 0 Å². The molecule has 0 aliphatic carbocycles. The lowest BCUT2D eigenvalue weighted by atomic mass is 9.55. The number of fused-ring (bicyclic) bond motifs is 4. The van der Waals surface area contributed by atoms with Gasteiger partial charge in [0.25, 0.3) is 0 Å². The van der Waals surface area contributed by atoms with E-state index in [0.29, 0.717) is 0 Å². The first-order valence-corrected chi connectivity index (χ1v) is 9.35. The zero-order valence-corrected chi connectivity index (χ0v) is 15.2. The van der Waals surface area contributed by atoms with Crippen LogP contribution in [0.3, 0.4) is 0 Å². The molecule has 136 valence electrons. The Kier molecular flexibility index (Phi) is 3.37. The quantitative estimate of drug-likeness (QED) is 0.644. The largest absolute Gasteiger partial charge is 0.468 e. The van der Waals surface area contributed by atoms with Crippen LogP contribution in [0.2, 0.25) is 0 Å². The Hall–Kier alpha value is -2.11. The maximum atomic E-state index is 12.9. The van der Waals surface area contributed by atoms with E-state index in [4.69, 9.17) is 4.74 Å². The van der Waals surface area contributed by atoms with E-state index in [0.717, 1.165) is 24.9 Å². The second kappa shape index (κ2) is 5.44. The summed E-state index contributed by atoms with van der Waals surface area (Å²) in [6.45, 7) is 2.72. The first-order chi connectivity index (χ1) is 12.7. The molecule has 2 unspecified atom stereocenters. The van der Waals surface area contributed by atoms with Crippen LogP contribution in [0.15, 0.2) is 35.9 Å². The molecule has 5 heterocycles. The Balaban J connectivity index is 1.73. The maximum absolute atomic E-state index is 12.9. The number of piperidine rings is 3. The van der Waals surface area contributed by atoms with Gasteiger partial charge < -0.3 is 14.8 Å². The van der Waals surface area contributed by atoms with Gasteiger partial charge in [0.2, 0.25) is 0 Å². The molecule has 1 aromatic heterocycles. The molecule has 5 nitrogen and oxygen atoms in total. The van der Waals surface area contributed by atoms with Crippen molar-refractivity contribution in [3.8, 4) is 0 Å². The highest BCUT2D eigenvalue weighted by Gasteiger charge is 2.64. The van der Waals surface area contributed by atoms with E-state index >= 15 is 0 Å². The van der Waals surface area contributed by atoms with Crippen molar-refractivity contribution in [3.05, 3.63) is 47.2 Å². The molecule has 3 fully saturated rings. The number of aliphatic hydroxyl groups is 1. The molecule has 4 aliphatic heterocycles. The predicted octanol–water partition coefficient (Wildman–Crippen LogP) is 2.57. The van der Waals surface area contributed by atoms with Crippen molar-refractivity contribution in [1.29, 1.82) is 0 Å². The van der Waals surface area contributed by atoms with E-state index in [9.17, 15) is 9.90 Å². The Morgan fingerprint density at radius 2 is 2.27 bits per heavy atom. The molecule has 2 aromatic rings. The van der Waals surface area contributed by atoms with Crippen molar-refractivity contribution >= 4 is 16.9 Å². The number of benzene rings is 1. The Morgan fingerprint density at radius 3 is 3.00 bits per heavy atom. The van der Waals surface area contributed by atoms with Crippen LogP contribution >= 0.6 is 0 Å². The van der Waals surface area contributed by atoms with Gasteiger partial charge in [-0.15, -0.1) is 0 Å². The zero-order chi connectivity index (χ0) is 18.1. The third-order valence-electron chi connectivity index (χ3n) is 7.06. The highest BCUT2D eigenvalue weighted by Crippen LogP contribution is 2.59. The van der Waals surface area contributed by atoms with Gasteiger partial charge in [0.1, 0.15) is 5.41 Å². The summed E-state index contributed by atoms with van der Waals surface area (Å²) in [6.07, 6.45) is 3.72. The number of rotatable bonds is 2. The van der Waals surface area contributed by atoms with Crippen LogP contribution in [0, 0.1) is 11.3 Å². The summed E-state index contributed by atoms with van der Waals surface area (Å²) < 4.78 is 5.22. The number of hydrogen-bond donors (Lipinski definition) is 2. The minimum absolute atomic E-state index is 0.0286. The van der Waals surface area contributed by atoms with Gasteiger partial charge in [-0.2, -0.15) is 0 Å². The van der Waals surface area contributed by atoms with Crippen LogP contribution < -0.4 is 0 Å². The molecule has 3 saturated heterocycles. The number of aliphatic hydroxyl groups excluding tert-OH is 1. The molecule has 0 saturated carbocycles. The highest BCUT2D eigenvalue weighted by molar-refractivity contribution is 5.86. The molecular weight excluding hydrogens is 328 g/mol. The normalized spacial score (nSPS) is 36.3. The molecular formula is C21H24N2O3. The van der Waals surface area contributed by atoms with E-state index in [1.54, 1.807) is 0 Å². The third-order valence-corrected chi connectivity index (χ3v) is 7.06. The summed E-state index contributed by atoms with van der Waals surface area (Å²) in [5.74, 6) is -0.245. The van der Waals surface area contributed by atoms with E-state index in [1.807, 2.05) is 13.0 Å². The van der Waals surface area contributed by atoms with Crippen molar-refractivity contribution < 1.29 is 14.6 Å². The van der Waals surface area contributed by atoms with Gasteiger partial charge in [-0.3, -0.25) is 9.69 Å². The number of carbonyl (C=O) groups is 1. The van der Waals surface area contributed by atoms with Crippen molar-refractivity contribution in [1.82, 2.24) is 9.88 Å². The monoisotopic (exact) mass is 352 g/mol. The number of nitrogens with zero attached hydrogens (tertiary/aromatic N) is 1. The number of methoxy groups -OCH3 is 1. The molecule has 4 bridgehead atoms. The Bertz CT molecular complexity index is 930. The Labute approximate surface area is 152 Å². The number of carbonyl (C=O) groups excluding carboxylic acids is 1. The van der Waals surface area contributed by atoms with E-state index in [-0.39, 0.29) is 30.6 Å². The summed E-state index contributed by atoms with van der Waals surface area (Å²) >= 11 is 0. The molecule has 0 radical (unpaired) electrons. The van der Waals surface area contributed by atoms with Crippen LogP contribution in [0.5, 0.6) is 0 Å². The van der Waals surface area contributed by atoms with Gasteiger partial charge in [-0.1, -0.05) is 29.8 Å². The van der Waals surface area contributed by atoms with Crippen LogP contribution in [0.25, 0.3) is 10.9 Å². The van der Waals surface area contributed by atoms with Gasteiger partial charge in [0.15, 0.2) is 0 Å². The molecule has 5 atom stereocenters.